The number of aromatic carboxylic acids is 1. The number of carbonyl (C=O) groups is 3. The van der Waals surface area contributed by atoms with Crippen LogP contribution in [-0.4, -0.2) is 34.4 Å². The number of nitrogens with zero attached hydrogens (tertiary/aromatic N) is 1. The largest absolute Gasteiger partial charge is 0.477 e. The third kappa shape index (κ3) is 6.35. The first kappa shape index (κ1) is 19.1. The molecule has 0 bridgehead atoms. The van der Waals surface area contributed by atoms with E-state index in [-0.39, 0.29) is 29.2 Å². The minimum Gasteiger partial charge on any atom is -0.477 e. The zero-order valence-electron chi connectivity index (χ0n) is 13.6. The van der Waals surface area contributed by atoms with Crippen molar-refractivity contribution in [3.63, 3.8) is 0 Å². The van der Waals surface area contributed by atoms with Crippen LogP contribution in [0.3, 0.4) is 0 Å². The van der Waals surface area contributed by atoms with E-state index in [1.165, 1.54) is 0 Å². The molecule has 0 aromatic carbocycles. The minimum atomic E-state index is -1.01. The molecule has 0 fully saturated rings. The van der Waals surface area contributed by atoms with Gasteiger partial charge in [0.25, 0.3) is 0 Å². The Hall–Kier alpha value is -1.96. The summed E-state index contributed by atoms with van der Waals surface area (Å²) in [6.45, 7) is 6.02. The summed E-state index contributed by atoms with van der Waals surface area (Å²) in [7, 11) is 0. The van der Waals surface area contributed by atoms with Crippen molar-refractivity contribution in [3.8, 4) is 0 Å². The SMILES string of the molecule is CCCNC(=O)CCCC(=O)NC(C)c1nc(C)c(C(=O)O)s1. The standard InChI is InChI=1S/C15H23N3O4S/c1-4-8-16-11(19)6-5-7-12(20)17-10(3)14-18-9(2)13(23-14)15(21)22/h10H,4-8H2,1-3H3,(H,16,19)(H,17,20)(H,21,22). The van der Waals surface area contributed by atoms with Crippen molar-refractivity contribution in [2.75, 3.05) is 6.54 Å². The Morgan fingerprint density at radius 1 is 1.26 bits per heavy atom. The molecular formula is C15H23N3O4S. The predicted molar refractivity (Wildman–Crippen MR) is 87.5 cm³/mol. The van der Waals surface area contributed by atoms with Gasteiger partial charge in [0.05, 0.1) is 11.7 Å². The van der Waals surface area contributed by atoms with Crippen LogP contribution < -0.4 is 10.6 Å². The summed E-state index contributed by atoms with van der Waals surface area (Å²) in [6, 6.07) is -0.354. The first-order valence-electron chi connectivity index (χ1n) is 7.61. The number of aromatic nitrogens is 1. The number of amides is 2. The molecule has 1 rings (SSSR count). The number of aryl methyl sites for hydroxylation is 1. The lowest BCUT2D eigenvalue weighted by Gasteiger charge is -2.11. The van der Waals surface area contributed by atoms with Crippen molar-refractivity contribution >= 4 is 29.1 Å². The average Bonchev–Trinajstić information content (AvgIpc) is 2.87. The smallest absolute Gasteiger partial charge is 0.347 e. The molecule has 0 spiro atoms. The van der Waals surface area contributed by atoms with Gasteiger partial charge in [-0.15, -0.1) is 11.3 Å². The number of thiazole rings is 1. The summed E-state index contributed by atoms with van der Waals surface area (Å²) >= 11 is 1.07. The molecule has 0 saturated carbocycles. The van der Waals surface area contributed by atoms with E-state index >= 15 is 0 Å². The summed E-state index contributed by atoms with van der Waals surface area (Å²) in [5.74, 6) is -1.23. The molecule has 0 aliphatic carbocycles. The van der Waals surface area contributed by atoms with Gasteiger partial charge in [-0.25, -0.2) is 9.78 Å². The summed E-state index contributed by atoms with van der Waals surface area (Å²) in [6.07, 6.45) is 1.93. The molecule has 3 N–H and O–H groups in total. The van der Waals surface area contributed by atoms with E-state index < -0.39 is 5.97 Å². The van der Waals surface area contributed by atoms with Gasteiger partial charge in [0.2, 0.25) is 11.8 Å². The average molecular weight is 341 g/mol. The molecule has 1 aromatic rings. The highest BCUT2D eigenvalue weighted by Gasteiger charge is 2.19. The number of carboxylic acid groups (broad SMARTS) is 1. The Morgan fingerprint density at radius 3 is 2.48 bits per heavy atom. The zero-order valence-corrected chi connectivity index (χ0v) is 14.5. The number of carbonyl (C=O) groups excluding carboxylic acids is 2. The Labute approximate surface area is 139 Å². The van der Waals surface area contributed by atoms with Crippen molar-refractivity contribution in [2.45, 2.75) is 52.5 Å². The molecular weight excluding hydrogens is 318 g/mol. The van der Waals surface area contributed by atoms with Crippen LogP contribution in [0.4, 0.5) is 0 Å². The van der Waals surface area contributed by atoms with Crippen LogP contribution in [0.2, 0.25) is 0 Å². The maximum atomic E-state index is 11.9. The van der Waals surface area contributed by atoms with Gasteiger partial charge < -0.3 is 15.7 Å². The van der Waals surface area contributed by atoms with Crippen LogP contribution in [0.25, 0.3) is 0 Å². The molecule has 1 atom stereocenters. The van der Waals surface area contributed by atoms with E-state index in [2.05, 4.69) is 15.6 Å². The second kappa shape index (κ2) is 9.24. The van der Waals surface area contributed by atoms with Crippen LogP contribution >= 0.6 is 11.3 Å². The first-order chi connectivity index (χ1) is 10.8. The fourth-order valence-corrected chi connectivity index (χ4v) is 2.85. The molecule has 7 nitrogen and oxygen atoms in total. The maximum Gasteiger partial charge on any atom is 0.347 e. The fraction of sp³-hybridized carbons (Fsp3) is 0.600. The summed E-state index contributed by atoms with van der Waals surface area (Å²) < 4.78 is 0. The molecule has 0 aliphatic heterocycles. The molecule has 128 valence electrons. The number of rotatable bonds is 9. The lowest BCUT2D eigenvalue weighted by atomic mass is 10.2. The quantitative estimate of drug-likeness (QED) is 0.637. The molecule has 1 aromatic heterocycles. The highest BCUT2D eigenvalue weighted by atomic mass is 32.1. The topological polar surface area (TPSA) is 108 Å². The van der Waals surface area contributed by atoms with E-state index in [4.69, 9.17) is 5.11 Å². The Bertz CT molecular complexity index is 571. The van der Waals surface area contributed by atoms with Crippen molar-refractivity contribution in [1.82, 2.24) is 15.6 Å². The molecule has 0 aliphatic rings. The van der Waals surface area contributed by atoms with Gasteiger partial charge in [-0.1, -0.05) is 6.92 Å². The van der Waals surface area contributed by atoms with Crippen LogP contribution in [0.15, 0.2) is 0 Å². The monoisotopic (exact) mass is 341 g/mol. The fourth-order valence-electron chi connectivity index (χ4n) is 1.94. The Balaban J connectivity index is 2.40. The highest BCUT2D eigenvalue weighted by Crippen LogP contribution is 2.23. The van der Waals surface area contributed by atoms with Gasteiger partial charge in [-0.2, -0.15) is 0 Å². The number of nitrogens with one attached hydrogen (secondary N) is 2. The van der Waals surface area contributed by atoms with E-state index in [1.54, 1.807) is 13.8 Å². The molecule has 0 saturated heterocycles. The van der Waals surface area contributed by atoms with Crippen LogP contribution in [0, 0.1) is 6.92 Å². The number of carboxylic acids is 1. The van der Waals surface area contributed by atoms with Crippen molar-refractivity contribution < 1.29 is 19.5 Å². The van der Waals surface area contributed by atoms with Crippen molar-refractivity contribution in [1.29, 1.82) is 0 Å². The molecule has 1 heterocycles. The van der Waals surface area contributed by atoms with E-state index in [1.807, 2.05) is 6.92 Å². The van der Waals surface area contributed by atoms with Gasteiger partial charge in [0, 0.05) is 19.4 Å². The summed E-state index contributed by atoms with van der Waals surface area (Å²) in [5.41, 5.74) is 0.450. The third-order valence-electron chi connectivity index (χ3n) is 3.14. The van der Waals surface area contributed by atoms with Gasteiger partial charge >= 0.3 is 5.97 Å². The van der Waals surface area contributed by atoms with Crippen LogP contribution in [0.5, 0.6) is 0 Å². The van der Waals surface area contributed by atoms with Crippen molar-refractivity contribution in [2.24, 2.45) is 0 Å². The molecule has 23 heavy (non-hydrogen) atoms. The van der Waals surface area contributed by atoms with Gasteiger partial charge in [0.1, 0.15) is 9.88 Å². The zero-order chi connectivity index (χ0) is 17.4. The summed E-state index contributed by atoms with van der Waals surface area (Å²) in [5, 5.41) is 15.1. The molecule has 1 unspecified atom stereocenters. The third-order valence-corrected chi connectivity index (χ3v) is 4.46. The first-order valence-corrected chi connectivity index (χ1v) is 8.43. The van der Waals surface area contributed by atoms with Crippen molar-refractivity contribution in [3.05, 3.63) is 15.6 Å². The summed E-state index contributed by atoms with van der Waals surface area (Å²) in [4.78, 5) is 38.7. The second-order valence-electron chi connectivity index (χ2n) is 5.26. The van der Waals surface area contributed by atoms with Gasteiger partial charge in [-0.05, 0) is 26.7 Å². The van der Waals surface area contributed by atoms with E-state index in [0.29, 0.717) is 30.1 Å². The highest BCUT2D eigenvalue weighted by molar-refractivity contribution is 7.13. The number of hydrogen-bond acceptors (Lipinski definition) is 5. The predicted octanol–water partition coefficient (Wildman–Crippen LogP) is 2.02. The minimum absolute atomic E-state index is 0.0469. The van der Waals surface area contributed by atoms with Gasteiger partial charge in [0.15, 0.2) is 0 Å². The second-order valence-corrected chi connectivity index (χ2v) is 6.30. The molecule has 8 heteroatoms. The van der Waals surface area contributed by atoms with E-state index in [9.17, 15) is 14.4 Å². The van der Waals surface area contributed by atoms with Crippen LogP contribution in [-0.2, 0) is 9.59 Å². The van der Waals surface area contributed by atoms with Crippen LogP contribution in [0.1, 0.15) is 65.9 Å². The number of hydrogen-bond donors (Lipinski definition) is 3. The van der Waals surface area contributed by atoms with Gasteiger partial charge in [-0.3, -0.25) is 9.59 Å². The lowest BCUT2D eigenvalue weighted by Crippen LogP contribution is -2.27. The molecule has 0 radical (unpaired) electrons. The lowest BCUT2D eigenvalue weighted by molar-refractivity contribution is -0.122. The Kier molecular flexibility index (Phi) is 7.67. The maximum absolute atomic E-state index is 11.9. The molecule has 2 amide bonds. The normalized spacial score (nSPS) is 11.8. The Morgan fingerprint density at radius 2 is 1.91 bits per heavy atom. The van der Waals surface area contributed by atoms with E-state index in [0.717, 1.165) is 17.8 Å².